The van der Waals surface area contributed by atoms with Crippen LogP contribution in [0.5, 0.6) is 0 Å². The van der Waals surface area contributed by atoms with E-state index in [1.807, 2.05) is 35.8 Å². The molecule has 0 aliphatic heterocycles. The lowest BCUT2D eigenvalue weighted by atomic mass is 10.2. The second-order valence-electron chi connectivity index (χ2n) is 4.35. The molecular formula is C13H14N6O. The number of aryl methyl sites for hydroxylation is 1. The number of aliphatic hydroxyl groups excluding tert-OH is 1. The number of rotatable bonds is 4. The van der Waals surface area contributed by atoms with E-state index in [-0.39, 0.29) is 6.61 Å². The molecule has 0 fully saturated rings. The van der Waals surface area contributed by atoms with Crippen molar-refractivity contribution in [3.8, 4) is 17.1 Å². The molecule has 20 heavy (non-hydrogen) atoms. The molecule has 7 nitrogen and oxygen atoms in total. The summed E-state index contributed by atoms with van der Waals surface area (Å²) in [6.45, 7) is 2.29. The maximum atomic E-state index is 9.10. The number of hydrogen-bond donors (Lipinski definition) is 1. The molecule has 3 rings (SSSR count). The minimum Gasteiger partial charge on any atom is -0.394 e. The third kappa shape index (κ3) is 2.30. The molecule has 2 heterocycles. The Kier molecular flexibility index (Phi) is 3.26. The molecule has 0 saturated carbocycles. The SMILES string of the molecule is Cc1nc(-c2cccc(-n3cnnc3)c2)n(CCO)n1. The standard InChI is InChI=1S/C13H14N6O/c1-10-16-13(19(17-10)5-6-20)11-3-2-4-12(7-11)18-8-14-15-9-18/h2-4,7-9,20H,5-6H2,1H3. The average molecular weight is 270 g/mol. The second kappa shape index (κ2) is 5.22. The Morgan fingerprint density at radius 1 is 1.20 bits per heavy atom. The van der Waals surface area contributed by atoms with Crippen molar-refractivity contribution in [2.45, 2.75) is 13.5 Å². The zero-order valence-corrected chi connectivity index (χ0v) is 11.0. The van der Waals surface area contributed by atoms with Gasteiger partial charge in [0.1, 0.15) is 18.5 Å². The third-order valence-electron chi connectivity index (χ3n) is 2.91. The number of aromatic nitrogens is 6. The van der Waals surface area contributed by atoms with Gasteiger partial charge in [-0.25, -0.2) is 9.67 Å². The molecular weight excluding hydrogens is 256 g/mol. The van der Waals surface area contributed by atoms with Gasteiger partial charge < -0.3 is 5.11 Å². The largest absolute Gasteiger partial charge is 0.394 e. The van der Waals surface area contributed by atoms with Gasteiger partial charge in [0.15, 0.2) is 5.82 Å². The first kappa shape index (κ1) is 12.5. The Bertz CT molecular complexity index is 703. The van der Waals surface area contributed by atoms with E-state index in [1.165, 1.54) is 0 Å². The number of hydrogen-bond acceptors (Lipinski definition) is 5. The molecule has 3 aromatic rings. The summed E-state index contributed by atoms with van der Waals surface area (Å²) in [5, 5.41) is 21.0. The van der Waals surface area contributed by atoms with Gasteiger partial charge in [-0.05, 0) is 19.1 Å². The van der Waals surface area contributed by atoms with Crippen molar-refractivity contribution in [1.29, 1.82) is 0 Å². The summed E-state index contributed by atoms with van der Waals surface area (Å²) in [6.07, 6.45) is 3.28. The number of nitrogens with zero attached hydrogens (tertiary/aromatic N) is 6. The van der Waals surface area contributed by atoms with Crippen molar-refractivity contribution < 1.29 is 5.11 Å². The summed E-state index contributed by atoms with van der Waals surface area (Å²) >= 11 is 0. The highest BCUT2D eigenvalue weighted by molar-refractivity contribution is 5.59. The quantitative estimate of drug-likeness (QED) is 0.759. The maximum absolute atomic E-state index is 9.10. The zero-order valence-electron chi connectivity index (χ0n) is 11.0. The van der Waals surface area contributed by atoms with Gasteiger partial charge in [0.05, 0.1) is 13.2 Å². The van der Waals surface area contributed by atoms with Gasteiger partial charge in [-0.1, -0.05) is 12.1 Å². The van der Waals surface area contributed by atoms with Crippen molar-refractivity contribution in [2.24, 2.45) is 0 Å². The highest BCUT2D eigenvalue weighted by Gasteiger charge is 2.10. The molecule has 0 amide bonds. The summed E-state index contributed by atoms with van der Waals surface area (Å²) in [5.74, 6) is 1.43. The van der Waals surface area contributed by atoms with Gasteiger partial charge in [-0.3, -0.25) is 4.57 Å². The Morgan fingerprint density at radius 3 is 2.75 bits per heavy atom. The van der Waals surface area contributed by atoms with Crippen LogP contribution >= 0.6 is 0 Å². The van der Waals surface area contributed by atoms with Gasteiger partial charge in [-0.15, -0.1) is 10.2 Å². The zero-order chi connectivity index (χ0) is 13.9. The summed E-state index contributed by atoms with van der Waals surface area (Å²) < 4.78 is 3.53. The minimum atomic E-state index is 0.0287. The van der Waals surface area contributed by atoms with E-state index >= 15 is 0 Å². The van der Waals surface area contributed by atoms with Crippen molar-refractivity contribution in [3.05, 3.63) is 42.7 Å². The molecule has 7 heteroatoms. The maximum Gasteiger partial charge on any atom is 0.158 e. The van der Waals surface area contributed by atoms with Crippen molar-refractivity contribution in [1.82, 2.24) is 29.5 Å². The normalized spacial score (nSPS) is 10.9. The fourth-order valence-electron chi connectivity index (χ4n) is 2.06. The van der Waals surface area contributed by atoms with Crippen LogP contribution in [0.25, 0.3) is 17.1 Å². The topological polar surface area (TPSA) is 81.7 Å². The lowest BCUT2D eigenvalue weighted by Crippen LogP contribution is -2.06. The molecule has 0 atom stereocenters. The number of aliphatic hydroxyl groups is 1. The lowest BCUT2D eigenvalue weighted by Gasteiger charge is -2.06. The summed E-state index contributed by atoms with van der Waals surface area (Å²) in [4.78, 5) is 4.42. The van der Waals surface area contributed by atoms with E-state index in [1.54, 1.807) is 17.3 Å². The van der Waals surface area contributed by atoms with Crippen LogP contribution in [-0.4, -0.2) is 41.2 Å². The van der Waals surface area contributed by atoms with Crippen molar-refractivity contribution in [2.75, 3.05) is 6.61 Å². The summed E-state index contributed by atoms with van der Waals surface area (Å²) in [6, 6.07) is 7.86. The Morgan fingerprint density at radius 2 is 2.00 bits per heavy atom. The van der Waals surface area contributed by atoms with Crippen LogP contribution in [0.4, 0.5) is 0 Å². The highest BCUT2D eigenvalue weighted by atomic mass is 16.3. The molecule has 0 radical (unpaired) electrons. The summed E-state index contributed by atoms with van der Waals surface area (Å²) in [5.41, 5.74) is 1.88. The molecule has 1 aromatic carbocycles. The van der Waals surface area contributed by atoms with Gasteiger partial charge in [0, 0.05) is 11.3 Å². The first-order valence-electron chi connectivity index (χ1n) is 6.25. The monoisotopic (exact) mass is 270 g/mol. The highest BCUT2D eigenvalue weighted by Crippen LogP contribution is 2.20. The van der Waals surface area contributed by atoms with E-state index in [2.05, 4.69) is 20.3 Å². The van der Waals surface area contributed by atoms with E-state index in [4.69, 9.17) is 5.11 Å². The molecule has 0 unspecified atom stereocenters. The van der Waals surface area contributed by atoms with Crippen LogP contribution in [-0.2, 0) is 6.54 Å². The van der Waals surface area contributed by atoms with Crippen LogP contribution in [0.1, 0.15) is 5.82 Å². The first-order chi connectivity index (χ1) is 9.78. The van der Waals surface area contributed by atoms with E-state index in [0.29, 0.717) is 12.4 Å². The van der Waals surface area contributed by atoms with E-state index in [0.717, 1.165) is 17.1 Å². The molecule has 1 N–H and O–H groups in total. The number of benzene rings is 1. The molecule has 0 bridgehead atoms. The Hall–Kier alpha value is -2.54. The second-order valence-corrected chi connectivity index (χ2v) is 4.35. The van der Waals surface area contributed by atoms with Gasteiger partial charge in [0.2, 0.25) is 0 Å². The Labute approximate surface area is 115 Å². The predicted octanol–water partition coefficient (Wildman–Crippen LogP) is 0.827. The van der Waals surface area contributed by atoms with Crippen LogP contribution in [0, 0.1) is 6.92 Å². The third-order valence-corrected chi connectivity index (χ3v) is 2.91. The lowest BCUT2D eigenvalue weighted by molar-refractivity contribution is 0.270. The molecule has 0 spiro atoms. The molecule has 2 aromatic heterocycles. The smallest absolute Gasteiger partial charge is 0.158 e. The predicted molar refractivity (Wildman–Crippen MR) is 72.2 cm³/mol. The van der Waals surface area contributed by atoms with Crippen LogP contribution in [0.2, 0.25) is 0 Å². The summed E-state index contributed by atoms with van der Waals surface area (Å²) in [7, 11) is 0. The van der Waals surface area contributed by atoms with Crippen molar-refractivity contribution in [3.63, 3.8) is 0 Å². The molecule has 0 aliphatic rings. The van der Waals surface area contributed by atoms with Crippen LogP contribution in [0.3, 0.4) is 0 Å². The van der Waals surface area contributed by atoms with Gasteiger partial charge >= 0.3 is 0 Å². The fourth-order valence-corrected chi connectivity index (χ4v) is 2.06. The van der Waals surface area contributed by atoms with Crippen LogP contribution < -0.4 is 0 Å². The fraction of sp³-hybridized carbons (Fsp3) is 0.231. The van der Waals surface area contributed by atoms with Crippen LogP contribution in [0.15, 0.2) is 36.9 Å². The van der Waals surface area contributed by atoms with Gasteiger partial charge in [0.25, 0.3) is 0 Å². The average Bonchev–Trinajstić information content (AvgIpc) is 3.09. The van der Waals surface area contributed by atoms with E-state index < -0.39 is 0 Å². The van der Waals surface area contributed by atoms with Crippen molar-refractivity contribution >= 4 is 0 Å². The van der Waals surface area contributed by atoms with Gasteiger partial charge in [-0.2, -0.15) is 5.10 Å². The molecule has 0 aliphatic carbocycles. The first-order valence-corrected chi connectivity index (χ1v) is 6.25. The minimum absolute atomic E-state index is 0.0287. The molecule has 0 saturated heterocycles. The Balaban J connectivity index is 2.04. The molecule has 102 valence electrons. The van der Waals surface area contributed by atoms with E-state index in [9.17, 15) is 0 Å².